The SMILES string of the molecule is O=C(NC[C@@H]1CN(Cc2ccccc2)CCO1)c1ccc(S(=O)(=O)C(F)F)cc1. The monoisotopic (exact) mass is 424 g/mol. The highest BCUT2D eigenvalue weighted by atomic mass is 32.2. The summed E-state index contributed by atoms with van der Waals surface area (Å²) in [6, 6.07) is 14.5. The zero-order valence-electron chi connectivity index (χ0n) is 15.6. The van der Waals surface area contributed by atoms with Gasteiger partial charge < -0.3 is 10.1 Å². The van der Waals surface area contributed by atoms with Crippen molar-refractivity contribution in [2.75, 3.05) is 26.2 Å². The number of nitrogens with zero attached hydrogens (tertiary/aromatic N) is 1. The predicted molar refractivity (Wildman–Crippen MR) is 103 cm³/mol. The van der Waals surface area contributed by atoms with Gasteiger partial charge in [-0.15, -0.1) is 0 Å². The molecule has 1 saturated heterocycles. The van der Waals surface area contributed by atoms with E-state index in [2.05, 4.69) is 22.3 Å². The van der Waals surface area contributed by atoms with E-state index in [0.29, 0.717) is 19.7 Å². The smallest absolute Gasteiger partial charge is 0.341 e. The van der Waals surface area contributed by atoms with Crippen LogP contribution in [-0.4, -0.2) is 57.3 Å². The molecule has 0 unspecified atom stereocenters. The van der Waals surface area contributed by atoms with Crippen molar-refractivity contribution in [2.45, 2.75) is 23.3 Å². The summed E-state index contributed by atoms with van der Waals surface area (Å²) in [5, 5.41) is 2.75. The van der Waals surface area contributed by atoms with E-state index in [1.165, 1.54) is 17.7 Å². The molecule has 3 rings (SSSR count). The molecule has 1 aliphatic rings. The molecule has 0 spiro atoms. The first-order valence-electron chi connectivity index (χ1n) is 9.14. The lowest BCUT2D eigenvalue weighted by atomic mass is 10.2. The Labute approximate surface area is 168 Å². The van der Waals surface area contributed by atoms with Gasteiger partial charge in [-0.2, -0.15) is 8.78 Å². The lowest BCUT2D eigenvalue weighted by Crippen LogP contribution is -2.47. The standard InChI is InChI=1S/C20H22F2N2O4S/c21-20(22)29(26,27)18-8-6-16(7-9-18)19(25)23-12-17-14-24(10-11-28-17)13-15-4-2-1-3-5-15/h1-9,17,20H,10-14H2,(H,23,25)/t17-/m1/s1. The Balaban J connectivity index is 1.52. The highest BCUT2D eigenvalue weighted by Gasteiger charge is 2.26. The number of alkyl halides is 2. The number of benzene rings is 2. The number of ether oxygens (including phenoxy) is 1. The second kappa shape index (κ2) is 9.43. The van der Waals surface area contributed by atoms with E-state index in [0.717, 1.165) is 25.2 Å². The van der Waals surface area contributed by atoms with Gasteiger partial charge in [-0.25, -0.2) is 8.42 Å². The van der Waals surface area contributed by atoms with Crippen molar-refractivity contribution >= 4 is 15.7 Å². The fourth-order valence-electron chi connectivity index (χ4n) is 3.10. The number of halogens is 2. The molecule has 1 atom stereocenters. The van der Waals surface area contributed by atoms with Crippen molar-refractivity contribution in [3.63, 3.8) is 0 Å². The van der Waals surface area contributed by atoms with Crippen molar-refractivity contribution in [3.8, 4) is 0 Å². The third-order valence-corrected chi connectivity index (χ3v) is 6.04. The van der Waals surface area contributed by atoms with Crippen LogP contribution in [0.1, 0.15) is 15.9 Å². The summed E-state index contributed by atoms with van der Waals surface area (Å²) in [5.41, 5.74) is 1.39. The number of carbonyl (C=O) groups excluding carboxylic acids is 1. The van der Waals surface area contributed by atoms with Gasteiger partial charge in [0.15, 0.2) is 0 Å². The molecule has 0 saturated carbocycles. The van der Waals surface area contributed by atoms with E-state index in [4.69, 9.17) is 4.74 Å². The van der Waals surface area contributed by atoms with Crippen LogP contribution in [-0.2, 0) is 21.1 Å². The minimum Gasteiger partial charge on any atom is -0.374 e. The summed E-state index contributed by atoms with van der Waals surface area (Å²) >= 11 is 0. The molecule has 2 aromatic carbocycles. The first-order chi connectivity index (χ1) is 13.9. The lowest BCUT2D eigenvalue weighted by molar-refractivity contribution is -0.0292. The number of hydrogen-bond donors (Lipinski definition) is 1. The van der Waals surface area contributed by atoms with Gasteiger partial charge in [-0.05, 0) is 29.8 Å². The fraction of sp³-hybridized carbons (Fsp3) is 0.350. The van der Waals surface area contributed by atoms with Gasteiger partial charge in [-0.1, -0.05) is 30.3 Å². The summed E-state index contributed by atoms with van der Waals surface area (Å²) in [7, 11) is -4.67. The average Bonchev–Trinajstić information content (AvgIpc) is 2.73. The quantitative estimate of drug-likeness (QED) is 0.738. The van der Waals surface area contributed by atoms with Crippen LogP contribution in [0.15, 0.2) is 59.5 Å². The van der Waals surface area contributed by atoms with E-state index in [1.807, 2.05) is 18.2 Å². The van der Waals surface area contributed by atoms with Crippen molar-refractivity contribution < 1.29 is 26.7 Å². The third kappa shape index (κ3) is 5.59. The Kier molecular flexibility index (Phi) is 6.94. The maximum Gasteiger partial charge on any atom is 0.341 e. The molecular weight excluding hydrogens is 402 g/mol. The van der Waals surface area contributed by atoms with Gasteiger partial charge in [0, 0.05) is 31.7 Å². The third-order valence-electron chi connectivity index (χ3n) is 4.64. The van der Waals surface area contributed by atoms with Crippen molar-refractivity contribution in [3.05, 3.63) is 65.7 Å². The van der Waals surface area contributed by atoms with Crippen molar-refractivity contribution in [2.24, 2.45) is 0 Å². The van der Waals surface area contributed by atoms with Gasteiger partial charge in [0.05, 0.1) is 17.6 Å². The molecule has 1 amide bonds. The maximum atomic E-state index is 12.6. The summed E-state index contributed by atoms with van der Waals surface area (Å²) < 4.78 is 53.7. The van der Waals surface area contributed by atoms with Crippen LogP contribution in [0, 0.1) is 0 Å². The van der Waals surface area contributed by atoms with Gasteiger partial charge in [-0.3, -0.25) is 9.69 Å². The second-order valence-corrected chi connectivity index (χ2v) is 8.67. The van der Waals surface area contributed by atoms with Crippen molar-refractivity contribution in [1.29, 1.82) is 0 Å². The molecule has 1 aliphatic heterocycles. The number of morpholine rings is 1. The normalized spacial score (nSPS) is 18.0. The highest BCUT2D eigenvalue weighted by Crippen LogP contribution is 2.18. The average molecular weight is 424 g/mol. The molecule has 1 N–H and O–H groups in total. The molecule has 1 heterocycles. The molecule has 9 heteroatoms. The van der Waals surface area contributed by atoms with Crippen LogP contribution < -0.4 is 5.32 Å². The zero-order valence-corrected chi connectivity index (χ0v) is 16.4. The van der Waals surface area contributed by atoms with Crippen LogP contribution >= 0.6 is 0 Å². The second-order valence-electron chi connectivity index (χ2n) is 6.75. The summed E-state index contributed by atoms with van der Waals surface area (Å²) in [6.45, 7) is 3.13. The minimum atomic E-state index is -4.67. The summed E-state index contributed by atoms with van der Waals surface area (Å²) in [6.07, 6.45) is -0.171. The lowest BCUT2D eigenvalue weighted by Gasteiger charge is -2.33. The van der Waals surface area contributed by atoms with Gasteiger partial charge in [0.2, 0.25) is 9.84 Å². The Bertz CT molecular complexity index is 921. The molecule has 6 nitrogen and oxygen atoms in total. The van der Waals surface area contributed by atoms with E-state index in [-0.39, 0.29) is 11.7 Å². The molecule has 1 fully saturated rings. The topological polar surface area (TPSA) is 75.7 Å². The molecule has 0 bridgehead atoms. The zero-order chi connectivity index (χ0) is 20.9. The molecular formula is C20H22F2N2O4S. The minimum absolute atomic E-state index is 0.171. The molecule has 0 radical (unpaired) electrons. The molecule has 2 aromatic rings. The number of sulfone groups is 1. The number of carbonyl (C=O) groups is 1. The molecule has 29 heavy (non-hydrogen) atoms. The number of amides is 1. The number of rotatable bonds is 7. The summed E-state index contributed by atoms with van der Waals surface area (Å²) in [4.78, 5) is 14.0. The van der Waals surface area contributed by atoms with E-state index < -0.39 is 26.4 Å². The Hall–Kier alpha value is -2.36. The van der Waals surface area contributed by atoms with Gasteiger partial charge in [0.25, 0.3) is 5.91 Å². The Morgan fingerprint density at radius 2 is 1.83 bits per heavy atom. The van der Waals surface area contributed by atoms with Crippen LogP contribution in [0.3, 0.4) is 0 Å². The van der Waals surface area contributed by atoms with E-state index >= 15 is 0 Å². The maximum absolute atomic E-state index is 12.6. The molecule has 156 valence electrons. The first-order valence-corrected chi connectivity index (χ1v) is 10.7. The first kappa shape index (κ1) is 21.4. The molecule has 0 aromatic heterocycles. The van der Waals surface area contributed by atoms with E-state index in [1.54, 1.807) is 0 Å². The van der Waals surface area contributed by atoms with Crippen LogP contribution in [0.5, 0.6) is 0 Å². The van der Waals surface area contributed by atoms with Gasteiger partial charge in [0.1, 0.15) is 0 Å². The van der Waals surface area contributed by atoms with Crippen LogP contribution in [0.4, 0.5) is 8.78 Å². The summed E-state index contributed by atoms with van der Waals surface area (Å²) in [5.74, 6) is -3.92. The molecule has 0 aliphatic carbocycles. The fourth-order valence-corrected chi connectivity index (χ4v) is 3.82. The van der Waals surface area contributed by atoms with Gasteiger partial charge >= 0.3 is 5.76 Å². The largest absolute Gasteiger partial charge is 0.374 e. The van der Waals surface area contributed by atoms with Crippen LogP contribution in [0.25, 0.3) is 0 Å². The van der Waals surface area contributed by atoms with Crippen LogP contribution in [0.2, 0.25) is 0 Å². The van der Waals surface area contributed by atoms with Crippen molar-refractivity contribution in [1.82, 2.24) is 10.2 Å². The number of hydrogen-bond acceptors (Lipinski definition) is 5. The highest BCUT2D eigenvalue weighted by molar-refractivity contribution is 7.91. The number of nitrogens with one attached hydrogen (secondary N) is 1. The predicted octanol–water partition coefficient (Wildman–Crippen LogP) is 2.31. The van der Waals surface area contributed by atoms with E-state index in [9.17, 15) is 22.0 Å². The Morgan fingerprint density at radius 3 is 2.48 bits per heavy atom. The Morgan fingerprint density at radius 1 is 1.14 bits per heavy atom.